The Balaban J connectivity index is 2.23. The van der Waals surface area contributed by atoms with Crippen molar-refractivity contribution in [1.82, 2.24) is 4.72 Å². The van der Waals surface area contributed by atoms with Crippen molar-refractivity contribution in [1.29, 1.82) is 0 Å². The molecule has 2 rings (SSSR count). The fourth-order valence-corrected chi connectivity index (χ4v) is 3.49. The highest BCUT2D eigenvalue weighted by Gasteiger charge is 2.31. The van der Waals surface area contributed by atoms with E-state index in [1.165, 1.54) is 25.3 Å². The molecule has 0 aliphatic rings. The second kappa shape index (κ2) is 7.09. The van der Waals surface area contributed by atoms with Gasteiger partial charge in [0.2, 0.25) is 10.0 Å². The van der Waals surface area contributed by atoms with Crippen LogP contribution in [0.1, 0.15) is 12.5 Å². The van der Waals surface area contributed by atoms with Gasteiger partial charge < -0.3 is 4.74 Å². The van der Waals surface area contributed by atoms with Gasteiger partial charge in [-0.3, -0.25) is 0 Å². The van der Waals surface area contributed by atoms with Gasteiger partial charge in [-0.15, -0.1) is 0 Å². The molecule has 0 saturated carbocycles. The van der Waals surface area contributed by atoms with Crippen LogP contribution in [0.5, 0.6) is 0 Å². The molecule has 2 aromatic rings. The van der Waals surface area contributed by atoms with E-state index in [1.807, 2.05) is 0 Å². The van der Waals surface area contributed by atoms with Crippen LogP contribution in [0.3, 0.4) is 0 Å². The molecule has 7 heteroatoms. The number of methoxy groups -OCH3 is 1. The zero-order valence-corrected chi connectivity index (χ0v) is 15.1. The van der Waals surface area contributed by atoms with Gasteiger partial charge in [-0.2, -0.15) is 0 Å². The molecule has 0 amide bonds. The van der Waals surface area contributed by atoms with E-state index in [9.17, 15) is 12.8 Å². The first-order chi connectivity index (χ1) is 10.8. The van der Waals surface area contributed by atoms with Crippen LogP contribution in [0, 0.1) is 5.82 Å². The summed E-state index contributed by atoms with van der Waals surface area (Å²) in [5.74, 6) is -0.445. The van der Waals surface area contributed by atoms with Crippen molar-refractivity contribution in [2.75, 3.05) is 13.7 Å². The monoisotopic (exact) mass is 401 g/mol. The molecule has 23 heavy (non-hydrogen) atoms. The normalized spacial score (nSPS) is 14.4. The number of benzene rings is 2. The van der Waals surface area contributed by atoms with Gasteiger partial charge >= 0.3 is 0 Å². The lowest BCUT2D eigenvalue weighted by atomic mass is 9.95. The fourth-order valence-electron chi connectivity index (χ4n) is 2.10. The smallest absolute Gasteiger partial charge is 0.240 e. The highest BCUT2D eigenvalue weighted by atomic mass is 79.9. The molecule has 1 atom stereocenters. The number of nitrogens with one attached hydrogen (secondary N) is 1. The zero-order chi connectivity index (χ0) is 17.1. The van der Waals surface area contributed by atoms with E-state index in [0.717, 1.165) is 4.47 Å². The molecule has 4 nitrogen and oxygen atoms in total. The second-order valence-corrected chi connectivity index (χ2v) is 7.88. The Morgan fingerprint density at radius 2 is 1.78 bits per heavy atom. The van der Waals surface area contributed by atoms with Crippen molar-refractivity contribution in [2.24, 2.45) is 0 Å². The number of rotatable bonds is 6. The Bertz CT molecular complexity index is 780. The third-order valence-electron chi connectivity index (χ3n) is 3.62. The van der Waals surface area contributed by atoms with Crippen molar-refractivity contribution in [3.63, 3.8) is 0 Å². The summed E-state index contributed by atoms with van der Waals surface area (Å²) in [7, 11) is -2.30. The molecular weight excluding hydrogens is 385 g/mol. The van der Waals surface area contributed by atoms with Crippen molar-refractivity contribution in [2.45, 2.75) is 17.4 Å². The Morgan fingerprint density at radius 1 is 1.17 bits per heavy atom. The Labute approximate surface area is 143 Å². The van der Waals surface area contributed by atoms with Crippen LogP contribution in [-0.2, 0) is 20.4 Å². The number of sulfonamides is 1. The second-order valence-electron chi connectivity index (χ2n) is 5.19. The van der Waals surface area contributed by atoms with E-state index in [2.05, 4.69) is 20.7 Å². The topological polar surface area (TPSA) is 55.4 Å². The quantitative estimate of drug-likeness (QED) is 0.806. The van der Waals surface area contributed by atoms with Crippen molar-refractivity contribution in [3.05, 3.63) is 64.4 Å². The summed E-state index contributed by atoms with van der Waals surface area (Å²) in [6.07, 6.45) is 0. The van der Waals surface area contributed by atoms with Gasteiger partial charge in [0.05, 0.1) is 4.90 Å². The SMILES string of the molecule is COC(C)(CNS(=O)(=O)c1ccc(Br)cc1)c1ccccc1F. The largest absolute Gasteiger partial charge is 0.372 e. The fraction of sp³-hybridized carbons (Fsp3) is 0.250. The maximum atomic E-state index is 14.0. The molecule has 0 heterocycles. The minimum Gasteiger partial charge on any atom is -0.372 e. The predicted molar refractivity (Wildman–Crippen MR) is 90.1 cm³/mol. The van der Waals surface area contributed by atoms with Crippen molar-refractivity contribution < 1.29 is 17.5 Å². The highest BCUT2D eigenvalue weighted by Crippen LogP contribution is 2.27. The first kappa shape index (κ1) is 18.1. The van der Waals surface area contributed by atoms with Crippen LogP contribution in [0.25, 0.3) is 0 Å². The summed E-state index contributed by atoms with van der Waals surface area (Å²) in [5, 5.41) is 0. The summed E-state index contributed by atoms with van der Waals surface area (Å²) >= 11 is 3.26. The summed E-state index contributed by atoms with van der Waals surface area (Å²) < 4.78 is 47.3. The summed E-state index contributed by atoms with van der Waals surface area (Å²) in [5.41, 5.74) is -0.825. The van der Waals surface area contributed by atoms with Crippen LogP contribution in [0.2, 0.25) is 0 Å². The van der Waals surface area contributed by atoms with Crippen LogP contribution in [0.4, 0.5) is 4.39 Å². The van der Waals surface area contributed by atoms with Gasteiger partial charge in [0, 0.05) is 23.7 Å². The lowest BCUT2D eigenvalue weighted by molar-refractivity contribution is 0.00410. The van der Waals surface area contributed by atoms with Crippen LogP contribution < -0.4 is 4.72 Å². The molecule has 1 unspecified atom stereocenters. The zero-order valence-electron chi connectivity index (χ0n) is 12.7. The molecule has 1 N–H and O–H groups in total. The third-order valence-corrected chi connectivity index (χ3v) is 5.56. The summed E-state index contributed by atoms with van der Waals surface area (Å²) in [6, 6.07) is 12.4. The van der Waals surface area contributed by atoms with Gasteiger partial charge in [0.1, 0.15) is 11.4 Å². The molecular formula is C16H17BrFNO3S. The maximum Gasteiger partial charge on any atom is 0.240 e. The van der Waals surface area contributed by atoms with Crippen molar-refractivity contribution >= 4 is 26.0 Å². The summed E-state index contributed by atoms with van der Waals surface area (Å²) in [4.78, 5) is 0.132. The van der Waals surface area contributed by atoms with E-state index in [4.69, 9.17) is 4.74 Å². The first-order valence-electron chi connectivity index (χ1n) is 6.84. The van der Waals surface area contributed by atoms with E-state index < -0.39 is 21.4 Å². The molecule has 0 radical (unpaired) electrons. The third kappa shape index (κ3) is 4.17. The molecule has 0 spiro atoms. The summed E-state index contributed by atoms with van der Waals surface area (Å²) in [6.45, 7) is 1.54. The molecule has 0 aliphatic heterocycles. The van der Waals surface area contributed by atoms with Gasteiger partial charge in [0.25, 0.3) is 0 Å². The Morgan fingerprint density at radius 3 is 2.35 bits per heavy atom. The van der Waals surface area contributed by atoms with Gasteiger partial charge in [0.15, 0.2) is 0 Å². The lowest BCUT2D eigenvalue weighted by Gasteiger charge is -2.29. The van der Waals surface area contributed by atoms with Gasteiger partial charge in [-0.25, -0.2) is 17.5 Å². The minimum absolute atomic E-state index is 0.0944. The number of hydrogen-bond acceptors (Lipinski definition) is 3. The van der Waals surface area contributed by atoms with E-state index in [0.29, 0.717) is 5.56 Å². The molecule has 0 aliphatic carbocycles. The standard InChI is InChI=1S/C16H17BrFNO3S/c1-16(22-2,14-5-3-4-6-15(14)18)11-19-23(20,21)13-9-7-12(17)8-10-13/h3-10,19H,11H2,1-2H3. The predicted octanol–water partition coefficient (Wildman–Crippen LogP) is 3.43. The van der Waals surface area contributed by atoms with E-state index in [-0.39, 0.29) is 11.4 Å². The average Bonchev–Trinajstić information content (AvgIpc) is 2.53. The molecule has 124 valence electrons. The molecule has 0 fully saturated rings. The van der Waals surface area contributed by atoms with Crippen LogP contribution in [-0.4, -0.2) is 22.1 Å². The van der Waals surface area contributed by atoms with E-state index in [1.54, 1.807) is 37.3 Å². The first-order valence-corrected chi connectivity index (χ1v) is 9.11. The van der Waals surface area contributed by atoms with Crippen molar-refractivity contribution in [3.8, 4) is 0 Å². The average molecular weight is 402 g/mol. The highest BCUT2D eigenvalue weighted by molar-refractivity contribution is 9.10. The Hall–Kier alpha value is -1.28. The van der Waals surface area contributed by atoms with E-state index >= 15 is 0 Å². The van der Waals surface area contributed by atoms with Gasteiger partial charge in [-0.1, -0.05) is 34.1 Å². The number of halogens is 2. The maximum absolute atomic E-state index is 14.0. The Kier molecular flexibility index (Phi) is 5.57. The lowest BCUT2D eigenvalue weighted by Crippen LogP contribution is -2.40. The molecule has 0 aromatic heterocycles. The number of hydrogen-bond donors (Lipinski definition) is 1. The van der Waals surface area contributed by atoms with Gasteiger partial charge in [-0.05, 0) is 37.3 Å². The molecule has 2 aromatic carbocycles. The van der Waals surface area contributed by atoms with Crippen LogP contribution >= 0.6 is 15.9 Å². The van der Waals surface area contributed by atoms with Crippen LogP contribution in [0.15, 0.2) is 57.9 Å². The molecule has 0 bridgehead atoms. The minimum atomic E-state index is -3.71. The molecule has 0 saturated heterocycles. The number of ether oxygens (including phenoxy) is 1.